The van der Waals surface area contributed by atoms with Crippen molar-refractivity contribution in [1.82, 2.24) is 0 Å². The van der Waals surface area contributed by atoms with Crippen molar-refractivity contribution >= 4 is 35.1 Å². The summed E-state index contributed by atoms with van der Waals surface area (Å²) in [6, 6.07) is 26.1. The van der Waals surface area contributed by atoms with E-state index >= 15 is 0 Å². The maximum atomic E-state index is 8.11. The van der Waals surface area contributed by atoms with Gasteiger partial charge in [-0.15, -0.1) is 0 Å². The molecule has 2 atom stereocenters. The molecule has 5 rings (SSSR count). The first-order chi connectivity index (χ1) is 15.4. The predicted octanol–water partition coefficient (Wildman–Crippen LogP) is 8.95. The summed E-state index contributed by atoms with van der Waals surface area (Å²) in [5, 5.41) is 0. The number of benzene rings is 3. The van der Waals surface area contributed by atoms with Crippen LogP contribution in [0.2, 0.25) is 13.1 Å². The molecule has 2 unspecified atom stereocenters. The molecule has 0 nitrogen and oxygen atoms in total. The summed E-state index contributed by atoms with van der Waals surface area (Å²) in [7, 11) is 16.2. The number of rotatable bonds is 5. The van der Waals surface area contributed by atoms with E-state index in [0.29, 0.717) is 0 Å². The Morgan fingerprint density at radius 1 is 0.844 bits per heavy atom. The second kappa shape index (κ2) is 8.24. The predicted molar refractivity (Wildman–Crippen MR) is 142 cm³/mol. The van der Waals surface area contributed by atoms with Crippen molar-refractivity contribution in [3.63, 3.8) is 0 Å². The molecule has 4 heteroatoms. The summed E-state index contributed by atoms with van der Waals surface area (Å²) < 4.78 is 0.352. The summed E-state index contributed by atoms with van der Waals surface area (Å²) in [6.07, 6.45) is 7.99. The van der Waals surface area contributed by atoms with Crippen LogP contribution in [-0.4, -0.2) is 5.92 Å². The van der Waals surface area contributed by atoms with E-state index in [1.165, 1.54) is 39.0 Å². The molecule has 0 amide bonds. The van der Waals surface area contributed by atoms with Crippen LogP contribution in [0.3, 0.4) is 0 Å². The Hall–Kier alpha value is -1.18. The SMILES string of the molecule is CCC1=Cc2c(-c3ccccc3)cccc2[CH]1[Zr]([Cl])([Cl])([CH]1C=Cc2ccccc21)[SiH](C)C. The van der Waals surface area contributed by atoms with E-state index in [4.69, 9.17) is 17.0 Å². The Morgan fingerprint density at radius 3 is 2.25 bits per heavy atom. The van der Waals surface area contributed by atoms with Crippen molar-refractivity contribution < 1.29 is 15.6 Å². The fourth-order valence-electron chi connectivity index (χ4n) is 5.89. The average Bonchev–Trinajstić information content (AvgIpc) is 3.42. The van der Waals surface area contributed by atoms with E-state index in [-0.39, 0.29) is 7.25 Å². The molecule has 0 N–H and O–H groups in total. The topological polar surface area (TPSA) is 0 Å². The van der Waals surface area contributed by atoms with Crippen LogP contribution in [0.25, 0.3) is 23.3 Å². The van der Waals surface area contributed by atoms with Crippen LogP contribution >= 0.6 is 17.0 Å². The molecule has 0 bridgehead atoms. The van der Waals surface area contributed by atoms with E-state index in [0.717, 1.165) is 6.42 Å². The van der Waals surface area contributed by atoms with Gasteiger partial charge in [-0.25, -0.2) is 0 Å². The molecule has 163 valence electrons. The molecular formula is C28H29Cl2SiZr. The Labute approximate surface area is 200 Å². The van der Waals surface area contributed by atoms with Crippen LogP contribution in [0.5, 0.6) is 0 Å². The summed E-state index contributed by atoms with van der Waals surface area (Å²) >= 11 is -4.43. The van der Waals surface area contributed by atoms with Gasteiger partial charge in [0.25, 0.3) is 0 Å². The van der Waals surface area contributed by atoms with Gasteiger partial charge in [0.1, 0.15) is 0 Å². The molecular weight excluding hydrogens is 527 g/mol. The van der Waals surface area contributed by atoms with Gasteiger partial charge < -0.3 is 0 Å². The van der Waals surface area contributed by atoms with Crippen molar-refractivity contribution in [1.29, 1.82) is 0 Å². The van der Waals surface area contributed by atoms with Gasteiger partial charge in [0.15, 0.2) is 0 Å². The molecule has 2 aliphatic rings. The van der Waals surface area contributed by atoms with Crippen LogP contribution in [0.1, 0.15) is 42.8 Å². The van der Waals surface area contributed by atoms with Gasteiger partial charge in [-0.2, -0.15) is 0 Å². The van der Waals surface area contributed by atoms with Crippen molar-refractivity contribution in [2.24, 2.45) is 0 Å². The zero-order valence-corrected chi connectivity index (χ0v) is 24.0. The number of halogens is 2. The molecule has 3 aromatic rings. The first-order valence-corrected chi connectivity index (χ1v) is 27.9. The normalized spacial score (nSPS) is 20.6. The Balaban J connectivity index is 1.74. The van der Waals surface area contributed by atoms with Gasteiger partial charge in [0, 0.05) is 0 Å². The molecule has 32 heavy (non-hydrogen) atoms. The van der Waals surface area contributed by atoms with Crippen LogP contribution in [-0.2, 0) is 15.6 Å². The summed E-state index contributed by atoms with van der Waals surface area (Å²) in [5.74, 6) is -1.43. The molecule has 0 aromatic heterocycles. The van der Waals surface area contributed by atoms with Gasteiger partial charge in [0.2, 0.25) is 0 Å². The van der Waals surface area contributed by atoms with Gasteiger partial charge in [-0.3, -0.25) is 0 Å². The molecule has 3 aromatic carbocycles. The molecule has 2 aliphatic carbocycles. The first kappa shape index (κ1) is 22.6. The summed E-state index contributed by atoms with van der Waals surface area (Å²) in [5.41, 5.74) is 9.28. The van der Waals surface area contributed by atoms with Gasteiger partial charge in [-0.1, -0.05) is 0 Å². The van der Waals surface area contributed by atoms with Gasteiger partial charge >= 0.3 is 202 Å². The monoisotopic (exact) mass is 553 g/mol. The van der Waals surface area contributed by atoms with E-state index in [9.17, 15) is 0 Å². The van der Waals surface area contributed by atoms with Crippen molar-refractivity contribution in [3.8, 4) is 11.1 Å². The second-order valence-corrected chi connectivity index (χ2v) is 52.1. The average molecular weight is 556 g/mol. The Kier molecular flexibility index (Phi) is 5.82. The van der Waals surface area contributed by atoms with Crippen molar-refractivity contribution in [2.75, 3.05) is 0 Å². The molecule has 0 saturated heterocycles. The third-order valence-corrected chi connectivity index (χ3v) is 59.7. The summed E-state index contributed by atoms with van der Waals surface area (Å²) in [6.45, 7) is 7.05. The van der Waals surface area contributed by atoms with Crippen molar-refractivity contribution in [3.05, 3.63) is 107 Å². The number of hydrogen-bond donors (Lipinski definition) is 0. The standard InChI is InChI=1S/C17H15.C9H7.C2H7Si.2ClH.Zr/c1-2-13-11-15-9-6-10-16(17(15)12-13)14-7-4-3-5-8-14;1-2-5-9-7-3-6-8(9)4-1;1-3-2;;;/h3-12H,2H2,1H3;1-7H;3H,1-2H3;2*1H;/q;;;;;+2/p-2. The third-order valence-electron chi connectivity index (χ3n) is 7.69. The number of allylic oxidation sites excluding steroid dienone is 2. The minimum atomic E-state index is -4.43. The van der Waals surface area contributed by atoms with E-state index in [1.54, 1.807) is 0 Å². The van der Waals surface area contributed by atoms with Crippen LogP contribution in [0.4, 0.5) is 0 Å². The first-order valence-electron chi connectivity index (χ1n) is 11.6. The molecule has 0 heterocycles. The number of hydrogen-bond acceptors (Lipinski definition) is 0. The summed E-state index contributed by atoms with van der Waals surface area (Å²) in [4.78, 5) is 0. The van der Waals surface area contributed by atoms with E-state index in [2.05, 4.69) is 111 Å². The molecule has 0 spiro atoms. The van der Waals surface area contributed by atoms with Gasteiger partial charge in [-0.05, 0) is 0 Å². The zero-order chi connectivity index (χ0) is 22.5. The van der Waals surface area contributed by atoms with E-state index < -0.39 is 21.5 Å². The quantitative estimate of drug-likeness (QED) is 0.276. The van der Waals surface area contributed by atoms with Crippen LogP contribution in [0, 0.1) is 0 Å². The van der Waals surface area contributed by atoms with E-state index in [1.807, 2.05) is 0 Å². The van der Waals surface area contributed by atoms with Gasteiger partial charge in [0.05, 0.1) is 0 Å². The third kappa shape index (κ3) is 3.25. The zero-order valence-electron chi connectivity index (χ0n) is 18.9. The molecule has 0 fully saturated rings. The van der Waals surface area contributed by atoms with Crippen LogP contribution < -0.4 is 0 Å². The molecule has 0 radical (unpaired) electrons. The van der Waals surface area contributed by atoms with Crippen molar-refractivity contribution in [2.45, 2.75) is 33.7 Å². The fourth-order valence-corrected chi connectivity index (χ4v) is 35.5. The Bertz CT molecular complexity index is 1240. The maximum absolute atomic E-state index is 8.11. The Morgan fingerprint density at radius 2 is 1.53 bits per heavy atom. The molecule has 0 saturated carbocycles. The molecule has 0 aliphatic heterocycles. The minimum absolute atomic E-state index is 0.175. The van der Waals surface area contributed by atoms with Crippen LogP contribution in [0.15, 0.2) is 84.4 Å². The number of fused-ring (bicyclic) bond motifs is 2. The second-order valence-electron chi connectivity index (χ2n) is 9.53. The fraction of sp³-hybridized carbons (Fsp3) is 0.214.